The van der Waals surface area contributed by atoms with Gasteiger partial charge in [0.2, 0.25) is 0 Å². The van der Waals surface area contributed by atoms with Crippen LogP contribution in [0.4, 0.5) is 0 Å². The van der Waals surface area contributed by atoms with Crippen LogP contribution in [0, 0.1) is 0 Å². The Labute approximate surface area is 118 Å². The highest BCUT2D eigenvalue weighted by atomic mass is 16.5. The van der Waals surface area contributed by atoms with Crippen molar-refractivity contribution in [3.63, 3.8) is 0 Å². The molecule has 102 valence electrons. The first kappa shape index (κ1) is 12.8. The summed E-state index contributed by atoms with van der Waals surface area (Å²) in [5.74, 6) is 1.30. The second kappa shape index (κ2) is 5.02. The summed E-state index contributed by atoms with van der Waals surface area (Å²) in [6, 6.07) is 13.8. The molecule has 2 aromatic carbocycles. The Morgan fingerprint density at radius 1 is 0.950 bits per heavy atom. The first-order valence-corrected chi connectivity index (χ1v) is 6.46. The van der Waals surface area contributed by atoms with Gasteiger partial charge in [-0.15, -0.1) is 0 Å². The van der Waals surface area contributed by atoms with Crippen molar-refractivity contribution in [3.05, 3.63) is 65.2 Å². The number of hydrogen-bond donors (Lipinski definition) is 1. The van der Waals surface area contributed by atoms with Crippen molar-refractivity contribution >= 4 is 5.57 Å². The van der Waals surface area contributed by atoms with Crippen molar-refractivity contribution in [2.75, 3.05) is 14.2 Å². The lowest BCUT2D eigenvalue weighted by Gasteiger charge is -2.13. The molecule has 0 aromatic heterocycles. The number of hydrogen-bond acceptors (Lipinski definition) is 3. The molecule has 0 saturated carbocycles. The molecule has 1 N–H and O–H groups in total. The van der Waals surface area contributed by atoms with Crippen molar-refractivity contribution in [2.45, 2.75) is 6.10 Å². The maximum atomic E-state index is 10.2. The topological polar surface area (TPSA) is 38.7 Å². The van der Waals surface area contributed by atoms with Crippen LogP contribution in [0.3, 0.4) is 0 Å². The average Bonchev–Trinajstić information content (AvgIpc) is 2.83. The molecule has 0 amide bonds. The maximum Gasteiger partial charge on any atom is 0.161 e. The quantitative estimate of drug-likeness (QED) is 0.929. The molecule has 3 nitrogen and oxygen atoms in total. The monoisotopic (exact) mass is 268 g/mol. The molecule has 20 heavy (non-hydrogen) atoms. The van der Waals surface area contributed by atoms with Gasteiger partial charge in [0.1, 0.15) is 0 Å². The number of methoxy groups -OCH3 is 2. The normalized spacial score (nSPS) is 16.6. The predicted molar refractivity (Wildman–Crippen MR) is 78.0 cm³/mol. The second-order valence-corrected chi connectivity index (χ2v) is 4.69. The second-order valence-electron chi connectivity index (χ2n) is 4.69. The summed E-state index contributed by atoms with van der Waals surface area (Å²) in [4.78, 5) is 0. The Morgan fingerprint density at radius 2 is 1.60 bits per heavy atom. The molecule has 0 radical (unpaired) electrons. The first-order valence-electron chi connectivity index (χ1n) is 6.46. The summed E-state index contributed by atoms with van der Waals surface area (Å²) < 4.78 is 10.6. The lowest BCUT2D eigenvalue weighted by Crippen LogP contribution is -1.97. The zero-order valence-corrected chi connectivity index (χ0v) is 11.5. The Kier molecular flexibility index (Phi) is 3.20. The highest BCUT2D eigenvalue weighted by molar-refractivity contribution is 5.86. The third kappa shape index (κ3) is 1.96. The van der Waals surface area contributed by atoms with E-state index in [1.807, 2.05) is 48.5 Å². The highest BCUT2D eigenvalue weighted by Crippen LogP contribution is 2.43. The van der Waals surface area contributed by atoms with Gasteiger partial charge in [-0.3, -0.25) is 0 Å². The van der Waals surface area contributed by atoms with Crippen LogP contribution in [0.2, 0.25) is 0 Å². The lowest BCUT2D eigenvalue weighted by molar-refractivity contribution is 0.231. The van der Waals surface area contributed by atoms with E-state index in [9.17, 15) is 5.11 Å². The molecule has 0 aliphatic heterocycles. The Balaban J connectivity index is 2.15. The van der Waals surface area contributed by atoms with E-state index in [1.54, 1.807) is 14.2 Å². The molecule has 3 rings (SSSR count). The average molecular weight is 268 g/mol. The van der Waals surface area contributed by atoms with Crippen LogP contribution in [0.1, 0.15) is 22.8 Å². The van der Waals surface area contributed by atoms with E-state index in [1.165, 1.54) is 0 Å². The van der Waals surface area contributed by atoms with Gasteiger partial charge in [-0.2, -0.15) is 0 Å². The molecule has 3 heteroatoms. The van der Waals surface area contributed by atoms with Crippen molar-refractivity contribution in [1.82, 2.24) is 0 Å². The minimum atomic E-state index is -0.611. The molecule has 0 fully saturated rings. The molecule has 2 aromatic rings. The highest BCUT2D eigenvalue weighted by Gasteiger charge is 2.25. The van der Waals surface area contributed by atoms with Gasteiger partial charge in [0, 0.05) is 0 Å². The Bertz CT molecular complexity index is 659. The number of ether oxygens (including phenoxy) is 2. The molecule has 0 saturated heterocycles. The predicted octanol–water partition coefficient (Wildman–Crippen LogP) is 3.18. The number of aliphatic hydroxyl groups excluding tert-OH is 1. The van der Waals surface area contributed by atoms with Gasteiger partial charge in [0.25, 0.3) is 0 Å². The fraction of sp³-hybridized carbons (Fsp3) is 0.176. The largest absolute Gasteiger partial charge is 0.493 e. The molecule has 0 heterocycles. The lowest BCUT2D eigenvalue weighted by atomic mass is 9.98. The minimum absolute atomic E-state index is 0.611. The first-order chi connectivity index (χ1) is 9.74. The third-order valence-corrected chi connectivity index (χ3v) is 3.57. The fourth-order valence-corrected chi connectivity index (χ4v) is 2.58. The van der Waals surface area contributed by atoms with Gasteiger partial charge >= 0.3 is 0 Å². The molecular weight excluding hydrogens is 252 g/mol. The summed E-state index contributed by atoms with van der Waals surface area (Å²) in [6.07, 6.45) is 1.25. The van der Waals surface area contributed by atoms with Gasteiger partial charge < -0.3 is 14.6 Å². The SMILES string of the molecule is COc1cc2c(cc1OC)C(O)C=C2c1ccccc1. The van der Waals surface area contributed by atoms with E-state index in [-0.39, 0.29) is 0 Å². The zero-order chi connectivity index (χ0) is 14.1. The van der Waals surface area contributed by atoms with E-state index in [2.05, 4.69) is 0 Å². The smallest absolute Gasteiger partial charge is 0.161 e. The molecule has 1 atom stereocenters. The molecule has 0 spiro atoms. The van der Waals surface area contributed by atoms with Gasteiger partial charge in [0.15, 0.2) is 11.5 Å². The van der Waals surface area contributed by atoms with Crippen LogP contribution in [-0.2, 0) is 0 Å². The van der Waals surface area contributed by atoms with Crippen molar-refractivity contribution in [2.24, 2.45) is 0 Å². The maximum absolute atomic E-state index is 10.2. The van der Waals surface area contributed by atoms with E-state index >= 15 is 0 Å². The van der Waals surface area contributed by atoms with Crippen LogP contribution in [0.25, 0.3) is 5.57 Å². The summed E-state index contributed by atoms with van der Waals surface area (Å²) in [7, 11) is 3.21. The third-order valence-electron chi connectivity index (χ3n) is 3.57. The van der Waals surface area contributed by atoms with Crippen molar-refractivity contribution < 1.29 is 14.6 Å². The molecule has 1 aliphatic carbocycles. The Morgan fingerprint density at radius 3 is 2.25 bits per heavy atom. The van der Waals surface area contributed by atoms with E-state index in [0.717, 1.165) is 22.3 Å². The van der Waals surface area contributed by atoms with Crippen LogP contribution in [0.15, 0.2) is 48.5 Å². The number of aliphatic hydroxyl groups is 1. The van der Waals surface area contributed by atoms with Gasteiger partial charge in [-0.05, 0) is 40.5 Å². The number of rotatable bonds is 3. The van der Waals surface area contributed by atoms with Gasteiger partial charge in [-0.1, -0.05) is 30.3 Å². The zero-order valence-electron chi connectivity index (χ0n) is 11.5. The fourth-order valence-electron chi connectivity index (χ4n) is 2.58. The van der Waals surface area contributed by atoms with E-state index in [0.29, 0.717) is 11.5 Å². The summed E-state index contributed by atoms with van der Waals surface area (Å²) in [6.45, 7) is 0. The molecule has 0 bridgehead atoms. The van der Waals surface area contributed by atoms with Gasteiger partial charge in [0.05, 0.1) is 20.3 Å². The minimum Gasteiger partial charge on any atom is -0.493 e. The van der Waals surface area contributed by atoms with E-state index < -0.39 is 6.10 Å². The van der Waals surface area contributed by atoms with Gasteiger partial charge in [-0.25, -0.2) is 0 Å². The summed E-state index contributed by atoms with van der Waals surface area (Å²) in [5, 5.41) is 10.2. The summed E-state index contributed by atoms with van der Waals surface area (Å²) >= 11 is 0. The van der Waals surface area contributed by atoms with E-state index in [4.69, 9.17) is 9.47 Å². The van der Waals surface area contributed by atoms with Crippen LogP contribution < -0.4 is 9.47 Å². The number of benzene rings is 2. The van der Waals surface area contributed by atoms with Crippen LogP contribution in [-0.4, -0.2) is 19.3 Å². The van der Waals surface area contributed by atoms with Crippen molar-refractivity contribution in [3.8, 4) is 11.5 Å². The molecule has 1 aliphatic rings. The molecular formula is C17H16O3. The summed E-state index contributed by atoms with van der Waals surface area (Å²) in [5.41, 5.74) is 3.94. The molecule has 1 unspecified atom stereocenters. The Hall–Kier alpha value is -2.26. The number of fused-ring (bicyclic) bond motifs is 1. The van der Waals surface area contributed by atoms with Crippen LogP contribution >= 0.6 is 0 Å². The standard InChI is InChI=1S/C17H16O3/c1-19-16-9-13-12(11-6-4-3-5-7-11)8-15(18)14(13)10-17(16)20-2/h3-10,15,18H,1-2H3. The van der Waals surface area contributed by atoms with Crippen molar-refractivity contribution in [1.29, 1.82) is 0 Å². The van der Waals surface area contributed by atoms with Crippen LogP contribution in [0.5, 0.6) is 11.5 Å².